The summed E-state index contributed by atoms with van der Waals surface area (Å²) in [5, 5.41) is 3.56. The molecule has 98 valence electrons. The molecule has 1 unspecified atom stereocenters. The van der Waals surface area contributed by atoms with Crippen molar-refractivity contribution < 1.29 is 0 Å². The van der Waals surface area contributed by atoms with Gasteiger partial charge in [0.2, 0.25) is 0 Å². The molecule has 3 rings (SSSR count). The second-order valence-corrected chi connectivity index (χ2v) is 5.56. The molecule has 0 aliphatic carbocycles. The molecule has 1 heterocycles. The Morgan fingerprint density at radius 2 is 1.79 bits per heavy atom. The van der Waals surface area contributed by atoms with Crippen molar-refractivity contribution in [3.05, 3.63) is 65.2 Å². The first-order valence-corrected chi connectivity index (χ1v) is 7.23. The van der Waals surface area contributed by atoms with E-state index in [-0.39, 0.29) is 0 Å². The molecule has 2 aromatic carbocycles. The molecule has 0 spiro atoms. The summed E-state index contributed by atoms with van der Waals surface area (Å²) < 4.78 is 0. The van der Waals surface area contributed by atoms with E-state index in [1.807, 2.05) is 0 Å². The minimum atomic E-state index is 0.614. The minimum absolute atomic E-state index is 0.614. The van der Waals surface area contributed by atoms with Gasteiger partial charge in [0.15, 0.2) is 0 Å². The fraction of sp³-hybridized carbons (Fsp3) is 0.333. The van der Waals surface area contributed by atoms with Crippen LogP contribution in [-0.2, 0) is 19.3 Å². The van der Waals surface area contributed by atoms with Crippen LogP contribution in [0.25, 0.3) is 0 Å². The quantitative estimate of drug-likeness (QED) is 0.861. The highest BCUT2D eigenvalue weighted by atomic mass is 14.9. The van der Waals surface area contributed by atoms with Crippen molar-refractivity contribution in [1.29, 1.82) is 0 Å². The molecule has 1 heteroatoms. The largest absolute Gasteiger partial charge is 0.382 e. The molecule has 0 saturated carbocycles. The summed E-state index contributed by atoms with van der Waals surface area (Å²) in [6.45, 7) is 2.26. The van der Waals surface area contributed by atoms with Gasteiger partial charge in [-0.2, -0.15) is 0 Å². The van der Waals surface area contributed by atoms with Crippen molar-refractivity contribution in [2.24, 2.45) is 0 Å². The molecule has 1 atom stereocenters. The Morgan fingerprint density at radius 3 is 2.63 bits per heavy atom. The standard InChI is InChI=1S/C18H21N/c1-14-7-11-17-13-16(10-12-18(17)19-14)9-8-15-5-3-2-4-6-15/h2-6,10,12-14,19H,7-9,11H2,1H3. The number of hydrogen-bond acceptors (Lipinski definition) is 1. The molecule has 2 aromatic rings. The van der Waals surface area contributed by atoms with Gasteiger partial charge < -0.3 is 5.32 Å². The Labute approximate surface area is 115 Å². The van der Waals surface area contributed by atoms with Gasteiger partial charge in [-0.15, -0.1) is 0 Å². The Hall–Kier alpha value is -1.76. The minimum Gasteiger partial charge on any atom is -0.382 e. The zero-order valence-corrected chi connectivity index (χ0v) is 11.5. The SMILES string of the molecule is CC1CCc2cc(CCc3ccccc3)ccc2N1. The van der Waals surface area contributed by atoms with Gasteiger partial charge in [-0.1, -0.05) is 42.5 Å². The van der Waals surface area contributed by atoms with Gasteiger partial charge in [0.05, 0.1) is 0 Å². The zero-order chi connectivity index (χ0) is 13.1. The van der Waals surface area contributed by atoms with E-state index < -0.39 is 0 Å². The van der Waals surface area contributed by atoms with E-state index in [2.05, 4.69) is 60.8 Å². The molecule has 1 nitrogen and oxygen atoms in total. The van der Waals surface area contributed by atoms with Crippen LogP contribution in [0, 0.1) is 0 Å². The van der Waals surface area contributed by atoms with Crippen molar-refractivity contribution in [2.45, 2.75) is 38.6 Å². The van der Waals surface area contributed by atoms with E-state index in [1.165, 1.54) is 35.2 Å². The van der Waals surface area contributed by atoms with Crippen LogP contribution in [-0.4, -0.2) is 6.04 Å². The van der Waals surface area contributed by atoms with Crippen LogP contribution in [0.4, 0.5) is 5.69 Å². The van der Waals surface area contributed by atoms with Crippen molar-refractivity contribution >= 4 is 5.69 Å². The summed E-state index contributed by atoms with van der Waals surface area (Å²) in [6, 6.07) is 18.3. The maximum Gasteiger partial charge on any atom is 0.0374 e. The van der Waals surface area contributed by atoms with Gasteiger partial charge in [-0.25, -0.2) is 0 Å². The van der Waals surface area contributed by atoms with Crippen LogP contribution in [0.2, 0.25) is 0 Å². The highest BCUT2D eigenvalue weighted by Gasteiger charge is 2.13. The van der Waals surface area contributed by atoms with Gasteiger partial charge >= 0.3 is 0 Å². The summed E-state index contributed by atoms with van der Waals surface area (Å²) in [6.07, 6.45) is 4.72. The first-order valence-electron chi connectivity index (χ1n) is 7.23. The van der Waals surface area contributed by atoms with E-state index in [9.17, 15) is 0 Å². The number of fused-ring (bicyclic) bond motifs is 1. The number of hydrogen-bond donors (Lipinski definition) is 1. The van der Waals surface area contributed by atoms with Crippen molar-refractivity contribution in [3.63, 3.8) is 0 Å². The number of rotatable bonds is 3. The lowest BCUT2D eigenvalue weighted by Crippen LogP contribution is -2.21. The van der Waals surface area contributed by atoms with Gasteiger partial charge in [0, 0.05) is 11.7 Å². The van der Waals surface area contributed by atoms with E-state index in [0.29, 0.717) is 6.04 Å². The van der Waals surface area contributed by atoms with Crippen molar-refractivity contribution in [3.8, 4) is 0 Å². The molecule has 0 saturated heterocycles. The topological polar surface area (TPSA) is 12.0 Å². The molecule has 1 N–H and O–H groups in total. The van der Waals surface area contributed by atoms with Crippen LogP contribution in [0.1, 0.15) is 30.0 Å². The third-order valence-corrected chi connectivity index (χ3v) is 3.96. The zero-order valence-electron chi connectivity index (χ0n) is 11.5. The predicted molar refractivity (Wildman–Crippen MR) is 81.7 cm³/mol. The number of aryl methyl sites for hydroxylation is 3. The lowest BCUT2D eigenvalue weighted by molar-refractivity contribution is 0.680. The summed E-state index contributed by atoms with van der Waals surface area (Å²) >= 11 is 0. The second-order valence-electron chi connectivity index (χ2n) is 5.56. The third kappa shape index (κ3) is 2.98. The second kappa shape index (κ2) is 5.48. The molecular formula is C18H21N. The van der Waals surface area contributed by atoms with Crippen molar-refractivity contribution in [1.82, 2.24) is 0 Å². The van der Waals surface area contributed by atoms with Gasteiger partial charge in [0.25, 0.3) is 0 Å². The van der Waals surface area contributed by atoms with Crippen LogP contribution in [0.15, 0.2) is 48.5 Å². The molecule has 0 fully saturated rings. The highest BCUT2D eigenvalue weighted by Crippen LogP contribution is 2.26. The lowest BCUT2D eigenvalue weighted by atomic mass is 9.95. The fourth-order valence-corrected chi connectivity index (χ4v) is 2.79. The normalized spacial score (nSPS) is 17.6. The number of anilines is 1. The van der Waals surface area contributed by atoms with Gasteiger partial charge in [-0.3, -0.25) is 0 Å². The number of nitrogens with one attached hydrogen (secondary N) is 1. The van der Waals surface area contributed by atoms with Crippen molar-refractivity contribution in [2.75, 3.05) is 5.32 Å². The Kier molecular flexibility index (Phi) is 3.54. The summed E-state index contributed by atoms with van der Waals surface area (Å²) in [5.74, 6) is 0. The lowest BCUT2D eigenvalue weighted by Gasteiger charge is -2.24. The first-order chi connectivity index (χ1) is 9.31. The Morgan fingerprint density at radius 1 is 1.00 bits per heavy atom. The molecule has 19 heavy (non-hydrogen) atoms. The van der Waals surface area contributed by atoms with Crippen LogP contribution in [0.3, 0.4) is 0 Å². The average molecular weight is 251 g/mol. The molecule has 0 bridgehead atoms. The molecule has 0 amide bonds. The van der Waals surface area contributed by atoms with Crippen LogP contribution in [0.5, 0.6) is 0 Å². The maximum absolute atomic E-state index is 3.56. The molecule has 0 radical (unpaired) electrons. The molecule has 1 aliphatic rings. The van der Waals surface area contributed by atoms with Crippen LogP contribution >= 0.6 is 0 Å². The highest BCUT2D eigenvalue weighted by molar-refractivity contribution is 5.55. The van der Waals surface area contributed by atoms with E-state index >= 15 is 0 Å². The predicted octanol–water partition coefficient (Wildman–Crippen LogP) is 4.22. The smallest absolute Gasteiger partial charge is 0.0374 e. The Balaban J connectivity index is 1.69. The van der Waals surface area contributed by atoms with Crippen LogP contribution < -0.4 is 5.32 Å². The van der Waals surface area contributed by atoms with E-state index in [0.717, 1.165) is 12.8 Å². The first kappa shape index (κ1) is 12.3. The van der Waals surface area contributed by atoms with Gasteiger partial charge in [0.1, 0.15) is 0 Å². The van der Waals surface area contributed by atoms with E-state index in [1.54, 1.807) is 0 Å². The monoisotopic (exact) mass is 251 g/mol. The number of benzene rings is 2. The van der Waals surface area contributed by atoms with E-state index in [4.69, 9.17) is 0 Å². The summed E-state index contributed by atoms with van der Waals surface area (Å²) in [7, 11) is 0. The summed E-state index contributed by atoms with van der Waals surface area (Å²) in [4.78, 5) is 0. The fourth-order valence-electron chi connectivity index (χ4n) is 2.79. The third-order valence-electron chi connectivity index (χ3n) is 3.96. The average Bonchev–Trinajstić information content (AvgIpc) is 2.46. The Bertz CT molecular complexity index is 545. The van der Waals surface area contributed by atoms with Gasteiger partial charge in [-0.05, 0) is 55.4 Å². The molecular weight excluding hydrogens is 230 g/mol. The summed E-state index contributed by atoms with van der Waals surface area (Å²) in [5.41, 5.74) is 5.71. The molecule has 0 aromatic heterocycles. The molecule has 1 aliphatic heterocycles. The maximum atomic E-state index is 3.56.